The number of hydrogen-bond donors (Lipinski definition) is 0. The molecule has 4 aromatic rings. The van der Waals surface area contributed by atoms with Crippen molar-refractivity contribution in [2.45, 2.75) is 0 Å². The number of thiazole rings is 1. The predicted octanol–water partition coefficient (Wildman–Crippen LogP) is 4.44. The quantitative estimate of drug-likeness (QED) is 0.454. The average molecular weight is 428 g/mol. The molecule has 0 aliphatic heterocycles. The molecule has 0 atom stereocenters. The smallest absolute Gasteiger partial charge is 0.282 e. The lowest BCUT2D eigenvalue weighted by Crippen LogP contribution is -2.36. The number of halogens is 2. The van der Waals surface area contributed by atoms with Gasteiger partial charge in [0.25, 0.3) is 5.91 Å². The Morgan fingerprint density at radius 1 is 1.10 bits per heavy atom. The minimum atomic E-state index is -0.764. The van der Waals surface area contributed by atoms with Crippen LogP contribution in [0.2, 0.25) is 0 Å². The molecular weight excluding hydrogens is 410 g/mol. The van der Waals surface area contributed by atoms with Crippen molar-refractivity contribution in [3.8, 4) is 11.3 Å². The van der Waals surface area contributed by atoms with Gasteiger partial charge in [-0.15, -0.1) is 0 Å². The number of carbonyl (C=O) groups is 1. The summed E-state index contributed by atoms with van der Waals surface area (Å²) in [6, 6.07) is 12.8. The number of carbonyl (C=O) groups excluding carboxylic acids is 1. The Balaban J connectivity index is 1.70. The molecule has 1 amide bonds. The van der Waals surface area contributed by atoms with Crippen LogP contribution in [0.4, 0.5) is 13.9 Å². The summed E-state index contributed by atoms with van der Waals surface area (Å²) in [6.45, 7) is 0.838. The van der Waals surface area contributed by atoms with Crippen LogP contribution < -0.4 is 4.90 Å². The molecule has 6 nitrogen and oxygen atoms in total. The third-order valence-corrected chi connectivity index (χ3v) is 5.46. The highest BCUT2D eigenvalue weighted by atomic mass is 32.1. The third-order valence-electron chi connectivity index (χ3n) is 4.44. The number of amides is 1. The van der Waals surface area contributed by atoms with E-state index in [2.05, 4.69) is 10.1 Å². The number of anilines is 1. The first-order valence-electron chi connectivity index (χ1n) is 9.16. The summed E-state index contributed by atoms with van der Waals surface area (Å²) in [6.07, 6.45) is 0. The second-order valence-corrected chi connectivity index (χ2v) is 7.94. The van der Waals surface area contributed by atoms with E-state index in [1.165, 1.54) is 11.0 Å². The molecule has 0 aliphatic carbocycles. The molecule has 0 N–H and O–H groups in total. The molecule has 0 aliphatic rings. The summed E-state index contributed by atoms with van der Waals surface area (Å²) in [4.78, 5) is 20.8. The number of hydrogen-bond acceptors (Lipinski definition) is 6. The van der Waals surface area contributed by atoms with Gasteiger partial charge in [0, 0.05) is 30.8 Å². The van der Waals surface area contributed by atoms with Crippen LogP contribution in [0.3, 0.4) is 0 Å². The fraction of sp³-hybridized carbons (Fsp3) is 0.190. The molecule has 9 heteroatoms. The summed E-state index contributed by atoms with van der Waals surface area (Å²) in [5.41, 5.74) is 0.934. The van der Waals surface area contributed by atoms with E-state index in [9.17, 15) is 13.6 Å². The zero-order valence-corrected chi connectivity index (χ0v) is 17.1. The molecule has 2 aromatic heterocycles. The molecule has 0 radical (unpaired) electrons. The molecule has 4 rings (SSSR count). The number of aromatic nitrogens is 2. The molecular formula is C21H18F2N4O2S. The third kappa shape index (κ3) is 4.07. The summed E-state index contributed by atoms with van der Waals surface area (Å²) >= 11 is 1.05. The summed E-state index contributed by atoms with van der Waals surface area (Å²) in [5.74, 6) is -1.42. The molecule has 0 bridgehead atoms. The van der Waals surface area contributed by atoms with E-state index in [1.807, 2.05) is 49.3 Å². The maximum atomic E-state index is 14.1. The Kier molecular flexibility index (Phi) is 5.56. The number of rotatable bonds is 6. The van der Waals surface area contributed by atoms with E-state index < -0.39 is 17.5 Å². The number of likely N-dealkylation sites (N-methyl/N-ethyl adjacent to an activating group) is 1. The van der Waals surface area contributed by atoms with Crippen LogP contribution in [-0.2, 0) is 0 Å². The van der Waals surface area contributed by atoms with Gasteiger partial charge in [-0.2, -0.15) is 0 Å². The number of benzene rings is 2. The molecule has 154 valence electrons. The van der Waals surface area contributed by atoms with Gasteiger partial charge in [0.2, 0.25) is 0 Å². The zero-order valence-electron chi connectivity index (χ0n) is 16.3. The van der Waals surface area contributed by atoms with Crippen molar-refractivity contribution in [1.29, 1.82) is 0 Å². The van der Waals surface area contributed by atoms with Gasteiger partial charge < -0.3 is 9.42 Å². The lowest BCUT2D eigenvalue weighted by Gasteiger charge is -2.20. The van der Waals surface area contributed by atoms with Crippen molar-refractivity contribution in [1.82, 2.24) is 15.0 Å². The van der Waals surface area contributed by atoms with Crippen molar-refractivity contribution in [2.75, 3.05) is 32.1 Å². The lowest BCUT2D eigenvalue weighted by atomic mass is 10.1. The Hall–Kier alpha value is -3.17. The highest BCUT2D eigenvalue weighted by Crippen LogP contribution is 2.32. The van der Waals surface area contributed by atoms with Gasteiger partial charge in [-0.05, 0) is 20.2 Å². The summed E-state index contributed by atoms with van der Waals surface area (Å²) < 4.78 is 33.4. The van der Waals surface area contributed by atoms with E-state index >= 15 is 0 Å². The van der Waals surface area contributed by atoms with Crippen LogP contribution in [0.25, 0.3) is 21.5 Å². The highest BCUT2D eigenvalue weighted by Gasteiger charge is 2.25. The van der Waals surface area contributed by atoms with Crippen molar-refractivity contribution in [3.63, 3.8) is 0 Å². The van der Waals surface area contributed by atoms with Crippen LogP contribution in [0.5, 0.6) is 0 Å². The molecule has 2 heterocycles. The average Bonchev–Trinajstić information content (AvgIpc) is 3.36. The highest BCUT2D eigenvalue weighted by molar-refractivity contribution is 7.22. The molecule has 0 unspecified atom stereocenters. The maximum absolute atomic E-state index is 14.1. The number of fused-ring (bicyclic) bond motifs is 1. The van der Waals surface area contributed by atoms with Crippen LogP contribution in [0.15, 0.2) is 53.1 Å². The van der Waals surface area contributed by atoms with Crippen LogP contribution in [-0.4, -0.2) is 48.1 Å². The Morgan fingerprint density at radius 2 is 1.87 bits per heavy atom. The van der Waals surface area contributed by atoms with Crippen molar-refractivity contribution in [3.05, 3.63) is 65.9 Å². The molecule has 0 saturated heterocycles. The SMILES string of the molecule is CN(C)CCN(C(=O)c1cc(-c2ccccc2)on1)c1nc2c(F)cc(F)cc2s1. The van der Waals surface area contributed by atoms with Crippen molar-refractivity contribution in [2.24, 2.45) is 0 Å². The van der Waals surface area contributed by atoms with Crippen LogP contribution in [0, 0.1) is 11.6 Å². The van der Waals surface area contributed by atoms with Crippen LogP contribution in [0.1, 0.15) is 10.5 Å². The Labute approximate surface area is 175 Å². The van der Waals surface area contributed by atoms with Gasteiger partial charge in [-0.25, -0.2) is 13.8 Å². The van der Waals surface area contributed by atoms with Crippen LogP contribution >= 0.6 is 11.3 Å². The largest absolute Gasteiger partial charge is 0.355 e. The molecule has 2 aromatic carbocycles. The Bertz CT molecular complexity index is 1190. The van der Waals surface area contributed by atoms with E-state index in [0.717, 1.165) is 23.0 Å². The standard InChI is InChI=1S/C21H18F2N4O2S/c1-26(2)8-9-27(21-24-19-15(23)10-14(22)11-18(19)30-21)20(28)16-12-17(29-25-16)13-6-4-3-5-7-13/h3-7,10-12H,8-9H2,1-2H3. The van der Waals surface area contributed by atoms with E-state index in [0.29, 0.717) is 23.5 Å². The molecule has 0 saturated carbocycles. The predicted molar refractivity (Wildman–Crippen MR) is 112 cm³/mol. The van der Waals surface area contributed by atoms with E-state index in [-0.39, 0.29) is 16.3 Å². The van der Waals surface area contributed by atoms with Gasteiger partial charge in [0.15, 0.2) is 22.4 Å². The van der Waals surface area contributed by atoms with Crippen molar-refractivity contribution < 1.29 is 18.1 Å². The summed E-state index contributed by atoms with van der Waals surface area (Å²) in [5, 5.41) is 4.18. The number of nitrogens with zero attached hydrogens (tertiary/aromatic N) is 4. The minimum Gasteiger partial charge on any atom is -0.355 e. The first-order chi connectivity index (χ1) is 14.4. The second kappa shape index (κ2) is 8.29. The fourth-order valence-electron chi connectivity index (χ4n) is 2.90. The zero-order chi connectivity index (χ0) is 21.3. The second-order valence-electron chi connectivity index (χ2n) is 6.93. The van der Waals surface area contributed by atoms with Gasteiger partial charge in [-0.1, -0.05) is 46.8 Å². The van der Waals surface area contributed by atoms with Crippen molar-refractivity contribution >= 4 is 32.6 Å². The molecule has 30 heavy (non-hydrogen) atoms. The minimum absolute atomic E-state index is 0.0316. The first kappa shape index (κ1) is 20.1. The lowest BCUT2D eigenvalue weighted by molar-refractivity contribution is 0.0976. The van der Waals surface area contributed by atoms with Gasteiger partial charge in [0.1, 0.15) is 11.3 Å². The monoisotopic (exact) mass is 428 g/mol. The van der Waals surface area contributed by atoms with Gasteiger partial charge in [0.05, 0.1) is 4.70 Å². The van der Waals surface area contributed by atoms with Gasteiger partial charge in [-0.3, -0.25) is 9.69 Å². The first-order valence-corrected chi connectivity index (χ1v) is 9.98. The normalized spacial score (nSPS) is 11.4. The summed E-state index contributed by atoms with van der Waals surface area (Å²) in [7, 11) is 3.75. The maximum Gasteiger partial charge on any atom is 0.282 e. The Morgan fingerprint density at radius 3 is 2.60 bits per heavy atom. The van der Waals surface area contributed by atoms with E-state index in [4.69, 9.17) is 4.52 Å². The topological polar surface area (TPSA) is 62.5 Å². The van der Waals surface area contributed by atoms with E-state index in [1.54, 1.807) is 6.07 Å². The van der Waals surface area contributed by atoms with Gasteiger partial charge >= 0.3 is 0 Å². The molecule has 0 fully saturated rings. The molecule has 0 spiro atoms. The fourth-order valence-corrected chi connectivity index (χ4v) is 3.93.